The second-order valence-corrected chi connectivity index (χ2v) is 15.4. The summed E-state index contributed by atoms with van der Waals surface area (Å²) in [6.45, 7) is 22.9. The SMILES string of the molecule is CC.CCCC.CCCCCCCCC.CCCNC(=O)OCC(=O)C1CCC2C3CCC4CC(C)CCC4(C)C3CCC12C. The van der Waals surface area contributed by atoms with Crippen LogP contribution in [0.15, 0.2) is 0 Å². The van der Waals surface area contributed by atoms with Crippen molar-refractivity contribution in [1.29, 1.82) is 0 Å². The summed E-state index contributed by atoms with van der Waals surface area (Å²) in [7, 11) is 0. The quantitative estimate of drug-likeness (QED) is 0.218. The van der Waals surface area contributed by atoms with Gasteiger partial charge in [-0.15, -0.1) is 0 Å². The standard InChI is InChI=1S/C26H43NO3.C9H20.C4H10.C2H6/c1-5-14-27-24(29)30-16-23(28)22-9-8-20-19-7-6-18-15-17(2)10-12-25(18,3)21(19)11-13-26(20,22)4;1-3-5-7-9-8-6-4-2;1-3-4-2;1-2/h17-22H,5-16H2,1-4H3,(H,27,29);3-9H2,1-2H3;3-4H2,1-2H3;1-2H3. The average molecular weight is 634 g/mol. The van der Waals surface area contributed by atoms with E-state index in [0.29, 0.717) is 17.9 Å². The van der Waals surface area contributed by atoms with Gasteiger partial charge in [0.25, 0.3) is 0 Å². The number of carbonyl (C=O) groups excluding carboxylic acids is 2. The van der Waals surface area contributed by atoms with E-state index < -0.39 is 6.09 Å². The number of rotatable bonds is 12. The number of Topliss-reactive ketones (excluding diaryl/α,β-unsaturated/α-hetero) is 1. The lowest BCUT2D eigenvalue weighted by Gasteiger charge is -2.61. The molecule has 4 aliphatic rings. The molecule has 0 heterocycles. The maximum absolute atomic E-state index is 13.1. The Kier molecular flexibility index (Phi) is 21.0. The van der Waals surface area contributed by atoms with Crippen LogP contribution in [0.2, 0.25) is 0 Å². The highest BCUT2D eigenvalue weighted by Crippen LogP contribution is 2.67. The van der Waals surface area contributed by atoms with E-state index in [9.17, 15) is 9.59 Å². The molecular weight excluding hydrogens is 554 g/mol. The first-order valence-electron chi connectivity index (χ1n) is 20.1. The lowest BCUT2D eigenvalue weighted by atomic mass is 9.44. The fourth-order valence-electron chi connectivity index (χ4n) is 9.55. The third kappa shape index (κ3) is 12.2. The molecule has 4 rings (SSSR count). The van der Waals surface area contributed by atoms with Gasteiger partial charge in [0.2, 0.25) is 0 Å². The third-order valence-corrected chi connectivity index (χ3v) is 12.4. The van der Waals surface area contributed by atoms with Gasteiger partial charge in [0.1, 0.15) is 0 Å². The lowest BCUT2D eigenvalue weighted by molar-refractivity contribution is -0.139. The minimum absolute atomic E-state index is 0.0612. The smallest absolute Gasteiger partial charge is 0.407 e. The van der Waals surface area contributed by atoms with E-state index in [0.717, 1.165) is 36.5 Å². The zero-order valence-electron chi connectivity index (χ0n) is 32.0. The van der Waals surface area contributed by atoms with Gasteiger partial charge in [-0.1, -0.05) is 133 Å². The second-order valence-electron chi connectivity index (χ2n) is 15.4. The lowest BCUT2D eigenvalue weighted by Crippen LogP contribution is -2.53. The summed E-state index contributed by atoms with van der Waals surface area (Å²) in [4.78, 5) is 24.8. The summed E-state index contributed by atoms with van der Waals surface area (Å²) in [5, 5.41) is 2.70. The summed E-state index contributed by atoms with van der Waals surface area (Å²) in [6.07, 6.45) is 24.7. The molecule has 0 aromatic rings. The van der Waals surface area contributed by atoms with Crippen LogP contribution >= 0.6 is 0 Å². The van der Waals surface area contributed by atoms with Crippen LogP contribution in [-0.2, 0) is 9.53 Å². The van der Waals surface area contributed by atoms with Crippen molar-refractivity contribution in [2.24, 2.45) is 46.3 Å². The molecule has 1 N–H and O–H groups in total. The van der Waals surface area contributed by atoms with Gasteiger partial charge in [0.15, 0.2) is 12.4 Å². The molecule has 4 aliphatic carbocycles. The first-order valence-corrected chi connectivity index (χ1v) is 20.1. The van der Waals surface area contributed by atoms with Gasteiger partial charge < -0.3 is 10.1 Å². The van der Waals surface area contributed by atoms with Crippen LogP contribution in [0.1, 0.15) is 191 Å². The number of amides is 1. The highest BCUT2D eigenvalue weighted by Gasteiger charge is 2.61. The fourth-order valence-corrected chi connectivity index (χ4v) is 9.55. The molecular formula is C41H79NO3. The number of unbranched alkanes of at least 4 members (excludes halogenated alkanes) is 7. The molecule has 0 spiro atoms. The number of ketones is 1. The van der Waals surface area contributed by atoms with Crippen molar-refractivity contribution < 1.29 is 14.3 Å². The van der Waals surface area contributed by atoms with Crippen LogP contribution in [0.5, 0.6) is 0 Å². The van der Waals surface area contributed by atoms with Gasteiger partial charge in [-0.2, -0.15) is 0 Å². The Morgan fingerprint density at radius 3 is 1.84 bits per heavy atom. The van der Waals surface area contributed by atoms with Crippen LogP contribution in [-0.4, -0.2) is 25.0 Å². The largest absolute Gasteiger partial charge is 0.442 e. The maximum atomic E-state index is 13.1. The number of hydrogen-bond donors (Lipinski definition) is 1. The third-order valence-electron chi connectivity index (χ3n) is 12.4. The molecule has 4 nitrogen and oxygen atoms in total. The molecule has 0 radical (unpaired) electrons. The molecule has 8 atom stereocenters. The number of hydrogen-bond acceptors (Lipinski definition) is 3. The minimum Gasteiger partial charge on any atom is -0.442 e. The molecule has 0 aromatic heterocycles. The van der Waals surface area contributed by atoms with E-state index in [2.05, 4.69) is 53.8 Å². The first-order chi connectivity index (χ1) is 21.6. The van der Waals surface area contributed by atoms with E-state index in [-0.39, 0.29) is 23.7 Å². The number of ether oxygens (including phenoxy) is 1. The maximum Gasteiger partial charge on any atom is 0.407 e. The van der Waals surface area contributed by atoms with E-state index >= 15 is 0 Å². The predicted octanol–water partition coefficient (Wildman–Crippen LogP) is 12.6. The van der Waals surface area contributed by atoms with Crippen LogP contribution < -0.4 is 5.32 Å². The highest BCUT2D eigenvalue weighted by atomic mass is 16.5. The van der Waals surface area contributed by atoms with Crippen LogP contribution in [0.4, 0.5) is 4.79 Å². The molecule has 8 unspecified atom stereocenters. The molecule has 4 fully saturated rings. The van der Waals surface area contributed by atoms with E-state index in [1.165, 1.54) is 109 Å². The summed E-state index contributed by atoms with van der Waals surface area (Å²) < 4.78 is 5.25. The molecule has 0 bridgehead atoms. The normalized spacial score (nSPS) is 32.8. The minimum atomic E-state index is -0.452. The molecule has 45 heavy (non-hydrogen) atoms. The van der Waals surface area contributed by atoms with Gasteiger partial charge in [-0.05, 0) is 98.2 Å². The van der Waals surface area contributed by atoms with Gasteiger partial charge in [-0.25, -0.2) is 4.79 Å². The Labute approximate surface area is 281 Å². The molecule has 4 heteroatoms. The first kappa shape index (κ1) is 42.0. The van der Waals surface area contributed by atoms with Crippen molar-refractivity contribution in [2.75, 3.05) is 13.2 Å². The van der Waals surface area contributed by atoms with Gasteiger partial charge >= 0.3 is 6.09 Å². The molecule has 4 saturated carbocycles. The van der Waals surface area contributed by atoms with E-state index in [1.54, 1.807) is 0 Å². The molecule has 0 aliphatic heterocycles. The van der Waals surface area contributed by atoms with Gasteiger partial charge in [0, 0.05) is 12.5 Å². The van der Waals surface area contributed by atoms with Gasteiger partial charge in [-0.3, -0.25) is 4.79 Å². The Bertz CT molecular complexity index is 790. The monoisotopic (exact) mass is 634 g/mol. The summed E-state index contributed by atoms with van der Waals surface area (Å²) >= 11 is 0. The topological polar surface area (TPSA) is 55.4 Å². The fraction of sp³-hybridized carbons (Fsp3) is 0.951. The predicted molar refractivity (Wildman–Crippen MR) is 195 cm³/mol. The highest BCUT2D eigenvalue weighted by molar-refractivity contribution is 5.85. The molecule has 0 aromatic carbocycles. The van der Waals surface area contributed by atoms with Crippen LogP contribution in [0.25, 0.3) is 0 Å². The number of fused-ring (bicyclic) bond motifs is 5. The van der Waals surface area contributed by atoms with Crippen molar-refractivity contribution in [2.45, 2.75) is 191 Å². The molecule has 1 amide bonds. The number of carbonyl (C=O) groups is 2. The zero-order valence-corrected chi connectivity index (χ0v) is 32.0. The van der Waals surface area contributed by atoms with E-state index in [1.807, 2.05) is 20.8 Å². The Balaban J connectivity index is 0.000000567. The average Bonchev–Trinajstić information content (AvgIpc) is 3.41. The molecule has 266 valence electrons. The Morgan fingerprint density at radius 1 is 0.689 bits per heavy atom. The Hall–Kier alpha value is -1.06. The van der Waals surface area contributed by atoms with Crippen molar-refractivity contribution in [3.8, 4) is 0 Å². The summed E-state index contributed by atoms with van der Waals surface area (Å²) in [5.74, 6) is 4.36. The number of nitrogens with one attached hydrogen (secondary N) is 1. The Morgan fingerprint density at radius 2 is 1.27 bits per heavy atom. The van der Waals surface area contributed by atoms with Crippen molar-refractivity contribution in [3.63, 3.8) is 0 Å². The number of alkyl carbamates (subject to hydrolysis) is 1. The molecule has 0 saturated heterocycles. The summed E-state index contributed by atoms with van der Waals surface area (Å²) in [6, 6.07) is 0. The van der Waals surface area contributed by atoms with Crippen LogP contribution in [0.3, 0.4) is 0 Å². The van der Waals surface area contributed by atoms with E-state index in [4.69, 9.17) is 4.74 Å². The zero-order chi connectivity index (χ0) is 33.9. The van der Waals surface area contributed by atoms with Crippen molar-refractivity contribution >= 4 is 11.9 Å². The van der Waals surface area contributed by atoms with Crippen LogP contribution in [0, 0.1) is 46.3 Å². The second kappa shape index (κ2) is 22.5. The van der Waals surface area contributed by atoms with Crippen molar-refractivity contribution in [3.05, 3.63) is 0 Å². The summed E-state index contributed by atoms with van der Waals surface area (Å²) in [5.41, 5.74) is 0.631. The van der Waals surface area contributed by atoms with Crippen molar-refractivity contribution in [1.82, 2.24) is 5.32 Å². The van der Waals surface area contributed by atoms with Gasteiger partial charge in [0.05, 0.1) is 0 Å².